The van der Waals surface area contributed by atoms with Gasteiger partial charge in [0, 0.05) is 12.1 Å². The Labute approximate surface area is 123 Å². The van der Waals surface area contributed by atoms with Gasteiger partial charge in [-0.25, -0.2) is 0 Å². The molecule has 2 atom stereocenters. The second kappa shape index (κ2) is 6.56. The summed E-state index contributed by atoms with van der Waals surface area (Å²) in [7, 11) is 0. The number of amides is 1. The topological polar surface area (TPSA) is 92.5 Å². The monoisotopic (exact) mass is 292 g/mol. The summed E-state index contributed by atoms with van der Waals surface area (Å²) in [6.07, 6.45) is 5.36. The maximum atomic E-state index is 12.3. The molecule has 2 rings (SSSR count). The number of hydrogen-bond donors (Lipinski definition) is 2. The molecule has 2 N–H and O–H groups in total. The SMILES string of the molecule is CC1CCCCCC1NC(=O)c1cccc([N+](=O)[O-])c1O. The summed E-state index contributed by atoms with van der Waals surface area (Å²) in [5.74, 6) is -0.645. The highest BCUT2D eigenvalue weighted by molar-refractivity contribution is 5.98. The van der Waals surface area contributed by atoms with Gasteiger partial charge in [0.1, 0.15) is 0 Å². The van der Waals surface area contributed by atoms with Gasteiger partial charge in [0.25, 0.3) is 5.91 Å². The van der Waals surface area contributed by atoms with Crippen molar-refractivity contribution < 1.29 is 14.8 Å². The number of nitrogens with one attached hydrogen (secondary N) is 1. The summed E-state index contributed by atoms with van der Waals surface area (Å²) in [6.45, 7) is 2.10. The average molecular weight is 292 g/mol. The van der Waals surface area contributed by atoms with Crippen molar-refractivity contribution in [1.29, 1.82) is 0 Å². The van der Waals surface area contributed by atoms with Gasteiger partial charge in [0.15, 0.2) is 0 Å². The van der Waals surface area contributed by atoms with E-state index in [0.29, 0.717) is 5.92 Å². The second-order valence-corrected chi connectivity index (χ2v) is 5.63. The Morgan fingerprint density at radius 2 is 2.05 bits per heavy atom. The molecule has 1 amide bonds. The standard InChI is InChI=1S/C15H20N2O4/c1-10-6-3-2-4-8-12(10)16-15(19)11-7-5-9-13(14(11)18)17(20)21/h5,7,9-10,12,18H,2-4,6,8H2,1H3,(H,16,19). The fraction of sp³-hybridized carbons (Fsp3) is 0.533. The van der Waals surface area contributed by atoms with Crippen molar-refractivity contribution in [2.45, 2.75) is 45.1 Å². The molecule has 1 aliphatic rings. The summed E-state index contributed by atoms with van der Waals surface area (Å²) in [5, 5.41) is 23.6. The second-order valence-electron chi connectivity index (χ2n) is 5.63. The molecule has 6 nitrogen and oxygen atoms in total. The number of carbonyl (C=O) groups excluding carboxylic acids is 1. The van der Waals surface area contributed by atoms with Crippen molar-refractivity contribution in [3.63, 3.8) is 0 Å². The molecule has 0 radical (unpaired) electrons. The van der Waals surface area contributed by atoms with Crippen molar-refractivity contribution in [3.8, 4) is 5.75 Å². The van der Waals surface area contributed by atoms with Gasteiger partial charge in [0.05, 0.1) is 10.5 Å². The minimum Gasteiger partial charge on any atom is -0.502 e. The number of nitro benzene ring substituents is 1. The molecule has 1 fully saturated rings. The van der Waals surface area contributed by atoms with Crippen LogP contribution >= 0.6 is 0 Å². The Hall–Kier alpha value is -2.11. The van der Waals surface area contributed by atoms with E-state index in [9.17, 15) is 20.0 Å². The molecule has 6 heteroatoms. The molecule has 1 saturated carbocycles. The molecule has 0 aromatic heterocycles. The van der Waals surface area contributed by atoms with E-state index >= 15 is 0 Å². The number of carbonyl (C=O) groups is 1. The minimum atomic E-state index is -0.694. The lowest BCUT2D eigenvalue weighted by Gasteiger charge is -2.23. The minimum absolute atomic E-state index is 0.0411. The first-order valence-electron chi connectivity index (χ1n) is 7.28. The van der Waals surface area contributed by atoms with Crippen LogP contribution in [0.15, 0.2) is 18.2 Å². The molecule has 1 aromatic carbocycles. The molecular weight excluding hydrogens is 272 g/mol. The smallest absolute Gasteiger partial charge is 0.311 e. The molecule has 0 spiro atoms. The Morgan fingerprint density at radius 3 is 2.76 bits per heavy atom. The van der Waals surface area contributed by atoms with E-state index in [1.54, 1.807) is 0 Å². The first-order chi connectivity index (χ1) is 10.0. The van der Waals surface area contributed by atoms with Crippen LogP contribution in [0.2, 0.25) is 0 Å². The summed E-state index contributed by atoms with van der Waals surface area (Å²) in [4.78, 5) is 22.4. The Bertz CT molecular complexity index is 544. The fourth-order valence-electron chi connectivity index (χ4n) is 2.82. The van der Waals surface area contributed by atoms with Crippen LogP contribution in [0.5, 0.6) is 5.75 Å². The lowest BCUT2D eigenvalue weighted by Crippen LogP contribution is -2.38. The molecule has 114 valence electrons. The number of benzene rings is 1. The quantitative estimate of drug-likeness (QED) is 0.509. The van der Waals surface area contributed by atoms with E-state index in [1.165, 1.54) is 24.6 Å². The fourth-order valence-corrected chi connectivity index (χ4v) is 2.82. The van der Waals surface area contributed by atoms with Gasteiger partial charge in [-0.3, -0.25) is 14.9 Å². The highest BCUT2D eigenvalue weighted by Crippen LogP contribution is 2.30. The molecule has 1 aliphatic carbocycles. The normalized spacial score (nSPS) is 22.3. The van der Waals surface area contributed by atoms with Crippen LogP contribution in [-0.2, 0) is 0 Å². The number of para-hydroxylation sites is 1. The number of phenolic OH excluding ortho intramolecular Hbond substituents is 1. The number of rotatable bonds is 3. The van der Waals surface area contributed by atoms with Gasteiger partial charge in [-0.1, -0.05) is 32.3 Å². The van der Waals surface area contributed by atoms with E-state index in [0.717, 1.165) is 25.7 Å². The van der Waals surface area contributed by atoms with E-state index in [2.05, 4.69) is 12.2 Å². The molecule has 1 aromatic rings. The average Bonchev–Trinajstić information content (AvgIpc) is 2.64. The third-order valence-corrected chi connectivity index (χ3v) is 4.13. The summed E-state index contributed by atoms with van der Waals surface area (Å²) >= 11 is 0. The third kappa shape index (κ3) is 3.51. The zero-order chi connectivity index (χ0) is 15.4. The lowest BCUT2D eigenvalue weighted by atomic mass is 9.96. The molecule has 2 unspecified atom stereocenters. The number of nitrogens with zero attached hydrogens (tertiary/aromatic N) is 1. The largest absolute Gasteiger partial charge is 0.502 e. The molecule has 0 bridgehead atoms. The van der Waals surface area contributed by atoms with Crippen LogP contribution in [0.4, 0.5) is 5.69 Å². The highest BCUT2D eigenvalue weighted by atomic mass is 16.6. The zero-order valence-corrected chi connectivity index (χ0v) is 12.0. The third-order valence-electron chi connectivity index (χ3n) is 4.13. The number of aromatic hydroxyl groups is 1. The summed E-state index contributed by atoms with van der Waals surface area (Å²) in [5.41, 5.74) is -0.489. The summed E-state index contributed by atoms with van der Waals surface area (Å²) < 4.78 is 0. The predicted octanol–water partition coefficient (Wildman–Crippen LogP) is 3.00. The van der Waals surface area contributed by atoms with Crippen LogP contribution in [0.1, 0.15) is 49.4 Å². The van der Waals surface area contributed by atoms with Crippen LogP contribution in [0.25, 0.3) is 0 Å². The number of hydrogen-bond acceptors (Lipinski definition) is 4. The maximum absolute atomic E-state index is 12.3. The molecule has 0 aliphatic heterocycles. The van der Waals surface area contributed by atoms with Gasteiger partial charge in [-0.15, -0.1) is 0 Å². The predicted molar refractivity (Wildman–Crippen MR) is 78.3 cm³/mol. The van der Waals surface area contributed by atoms with Crippen LogP contribution in [-0.4, -0.2) is 22.0 Å². The Balaban J connectivity index is 2.16. The molecule has 0 saturated heterocycles. The van der Waals surface area contributed by atoms with Crippen LogP contribution < -0.4 is 5.32 Å². The van der Waals surface area contributed by atoms with E-state index in [4.69, 9.17) is 0 Å². The van der Waals surface area contributed by atoms with Gasteiger partial charge in [0.2, 0.25) is 5.75 Å². The van der Waals surface area contributed by atoms with Crippen molar-refractivity contribution >= 4 is 11.6 Å². The van der Waals surface area contributed by atoms with Crippen molar-refractivity contribution in [2.24, 2.45) is 5.92 Å². The van der Waals surface area contributed by atoms with Gasteiger partial charge < -0.3 is 10.4 Å². The van der Waals surface area contributed by atoms with Gasteiger partial charge in [-0.05, 0) is 24.8 Å². The van der Waals surface area contributed by atoms with Crippen molar-refractivity contribution in [1.82, 2.24) is 5.32 Å². The van der Waals surface area contributed by atoms with E-state index in [1.807, 2.05) is 0 Å². The first-order valence-corrected chi connectivity index (χ1v) is 7.28. The maximum Gasteiger partial charge on any atom is 0.311 e. The van der Waals surface area contributed by atoms with E-state index < -0.39 is 22.3 Å². The molecular formula is C15H20N2O4. The van der Waals surface area contributed by atoms with E-state index in [-0.39, 0.29) is 11.6 Å². The lowest BCUT2D eigenvalue weighted by molar-refractivity contribution is -0.385. The van der Waals surface area contributed by atoms with Gasteiger partial charge >= 0.3 is 5.69 Å². The Kier molecular flexibility index (Phi) is 4.77. The zero-order valence-electron chi connectivity index (χ0n) is 12.0. The van der Waals surface area contributed by atoms with Crippen molar-refractivity contribution in [3.05, 3.63) is 33.9 Å². The van der Waals surface area contributed by atoms with Crippen LogP contribution in [0, 0.1) is 16.0 Å². The highest BCUT2D eigenvalue weighted by Gasteiger charge is 2.25. The van der Waals surface area contributed by atoms with Gasteiger partial charge in [-0.2, -0.15) is 0 Å². The summed E-state index contributed by atoms with van der Waals surface area (Å²) in [6, 6.07) is 4.04. The molecule has 21 heavy (non-hydrogen) atoms. The number of phenols is 1. The first kappa shape index (κ1) is 15.3. The van der Waals surface area contributed by atoms with Crippen LogP contribution in [0.3, 0.4) is 0 Å². The van der Waals surface area contributed by atoms with Crippen molar-refractivity contribution in [2.75, 3.05) is 0 Å². The molecule has 0 heterocycles. The number of nitro groups is 1. The Morgan fingerprint density at radius 1 is 1.33 bits per heavy atom.